The van der Waals surface area contributed by atoms with E-state index in [1.165, 1.54) is 11.8 Å². The lowest BCUT2D eigenvalue weighted by Gasteiger charge is -2.13. The van der Waals surface area contributed by atoms with E-state index < -0.39 is 0 Å². The Bertz CT molecular complexity index is 1430. The number of aromatic nitrogens is 3. The van der Waals surface area contributed by atoms with E-state index in [1.807, 2.05) is 90.2 Å². The molecule has 0 aliphatic carbocycles. The maximum absolute atomic E-state index is 12.8. The van der Waals surface area contributed by atoms with Gasteiger partial charge in [0.05, 0.1) is 10.8 Å². The van der Waals surface area contributed by atoms with Crippen LogP contribution in [0.2, 0.25) is 0 Å². The van der Waals surface area contributed by atoms with E-state index >= 15 is 0 Å². The number of amides is 1. The molecule has 1 N–H and O–H groups in total. The predicted molar refractivity (Wildman–Crippen MR) is 132 cm³/mol. The fourth-order valence-electron chi connectivity index (χ4n) is 3.64. The molecule has 6 nitrogen and oxygen atoms in total. The summed E-state index contributed by atoms with van der Waals surface area (Å²) in [6.07, 6.45) is 0. The van der Waals surface area contributed by atoms with Gasteiger partial charge in [-0.15, -0.1) is 10.2 Å². The van der Waals surface area contributed by atoms with Crippen molar-refractivity contribution < 1.29 is 9.53 Å². The minimum atomic E-state index is -0.363. The van der Waals surface area contributed by atoms with Crippen LogP contribution in [0.25, 0.3) is 16.6 Å². The topological polar surface area (TPSA) is 68.5 Å². The van der Waals surface area contributed by atoms with Gasteiger partial charge in [0.2, 0.25) is 5.91 Å². The number of carbonyl (C=O) groups excluding carboxylic acids is 1. The highest BCUT2D eigenvalue weighted by molar-refractivity contribution is 8.00. The molecule has 0 fully saturated rings. The summed E-state index contributed by atoms with van der Waals surface area (Å²) in [4.78, 5) is 12.8. The zero-order valence-corrected chi connectivity index (χ0v) is 19.0. The van der Waals surface area contributed by atoms with Gasteiger partial charge in [-0.1, -0.05) is 48.2 Å². The maximum Gasteiger partial charge on any atom is 0.237 e. The molecule has 0 bridgehead atoms. The fraction of sp³-hybridized carbons (Fsp3) is 0.115. The third-order valence-electron chi connectivity index (χ3n) is 5.33. The molecule has 1 atom stereocenters. The highest BCUT2D eigenvalue weighted by Gasteiger charge is 2.19. The van der Waals surface area contributed by atoms with Gasteiger partial charge in [0, 0.05) is 11.1 Å². The van der Waals surface area contributed by atoms with Crippen molar-refractivity contribution in [3.8, 4) is 11.5 Å². The van der Waals surface area contributed by atoms with Crippen molar-refractivity contribution in [1.82, 2.24) is 14.6 Å². The Kier molecular flexibility index (Phi) is 5.71. The number of rotatable bonds is 6. The molecule has 7 heteroatoms. The molecule has 0 saturated carbocycles. The summed E-state index contributed by atoms with van der Waals surface area (Å²) >= 11 is 1.39. The summed E-state index contributed by atoms with van der Waals surface area (Å²) in [6.45, 7) is 3.93. The van der Waals surface area contributed by atoms with Crippen molar-refractivity contribution in [3.05, 3.63) is 90.5 Å². The smallest absolute Gasteiger partial charge is 0.237 e. The first-order chi connectivity index (χ1) is 16.1. The van der Waals surface area contributed by atoms with Crippen molar-refractivity contribution in [1.29, 1.82) is 0 Å². The lowest BCUT2D eigenvalue weighted by Crippen LogP contribution is -2.22. The number of hydrogen-bond acceptors (Lipinski definition) is 5. The molecular formula is C26H22N4O2S. The fourth-order valence-corrected chi connectivity index (χ4v) is 4.50. The van der Waals surface area contributed by atoms with Crippen LogP contribution < -0.4 is 10.1 Å². The van der Waals surface area contributed by atoms with Crippen molar-refractivity contribution in [3.63, 3.8) is 0 Å². The van der Waals surface area contributed by atoms with Gasteiger partial charge in [-0.3, -0.25) is 9.20 Å². The largest absolute Gasteiger partial charge is 0.457 e. The van der Waals surface area contributed by atoms with Gasteiger partial charge >= 0.3 is 0 Å². The number of pyridine rings is 1. The Morgan fingerprint density at radius 2 is 1.64 bits per heavy atom. The first-order valence-corrected chi connectivity index (χ1v) is 11.5. The quantitative estimate of drug-likeness (QED) is 0.314. The minimum Gasteiger partial charge on any atom is -0.457 e. The average molecular weight is 455 g/mol. The second-order valence-corrected chi connectivity index (χ2v) is 9.02. The second kappa shape index (κ2) is 8.96. The van der Waals surface area contributed by atoms with E-state index in [1.54, 1.807) is 0 Å². The number of ether oxygens (including phenoxy) is 1. The Labute approximate surface area is 195 Å². The molecule has 0 radical (unpaired) electrons. The molecule has 164 valence electrons. The zero-order valence-electron chi connectivity index (χ0n) is 18.2. The monoisotopic (exact) mass is 454 g/mol. The van der Waals surface area contributed by atoms with E-state index in [0.29, 0.717) is 16.6 Å². The van der Waals surface area contributed by atoms with Gasteiger partial charge < -0.3 is 10.1 Å². The zero-order chi connectivity index (χ0) is 22.8. The van der Waals surface area contributed by atoms with E-state index in [4.69, 9.17) is 4.74 Å². The molecule has 2 aromatic heterocycles. The summed E-state index contributed by atoms with van der Waals surface area (Å²) in [7, 11) is 0. The maximum atomic E-state index is 12.8. The first kappa shape index (κ1) is 21.0. The molecule has 33 heavy (non-hydrogen) atoms. The Balaban J connectivity index is 1.29. The number of para-hydroxylation sites is 2. The number of nitrogens with zero attached hydrogens (tertiary/aromatic N) is 3. The van der Waals surface area contributed by atoms with Gasteiger partial charge in [0.1, 0.15) is 11.5 Å². The lowest BCUT2D eigenvalue weighted by molar-refractivity contribution is -0.115. The van der Waals surface area contributed by atoms with Crippen LogP contribution in [-0.4, -0.2) is 25.8 Å². The van der Waals surface area contributed by atoms with Crippen molar-refractivity contribution in [2.45, 2.75) is 24.3 Å². The minimum absolute atomic E-state index is 0.107. The Morgan fingerprint density at radius 1 is 0.939 bits per heavy atom. The number of thioether (sulfide) groups is 1. The summed E-state index contributed by atoms with van der Waals surface area (Å²) in [5.41, 5.74) is 3.66. The number of benzene rings is 3. The van der Waals surface area contributed by atoms with Crippen molar-refractivity contribution in [2.75, 3.05) is 5.32 Å². The highest BCUT2D eigenvalue weighted by Crippen LogP contribution is 2.29. The van der Waals surface area contributed by atoms with E-state index in [9.17, 15) is 4.79 Å². The number of nitrogens with one attached hydrogen (secondary N) is 1. The third kappa shape index (κ3) is 4.40. The van der Waals surface area contributed by atoms with Crippen molar-refractivity contribution >= 4 is 39.9 Å². The predicted octanol–water partition coefficient (Wildman–Crippen LogP) is 6.10. The molecule has 0 aliphatic heterocycles. The normalized spacial score (nSPS) is 12.1. The number of carbonyl (C=O) groups is 1. The number of hydrogen-bond donors (Lipinski definition) is 1. The molecule has 1 amide bonds. The number of anilines is 1. The summed E-state index contributed by atoms with van der Waals surface area (Å²) in [6, 6.07) is 27.1. The second-order valence-electron chi connectivity index (χ2n) is 7.71. The molecule has 0 saturated heterocycles. The molecule has 0 unspecified atom stereocenters. The summed E-state index contributed by atoms with van der Waals surface area (Å²) in [5, 5.41) is 13.1. The van der Waals surface area contributed by atoms with Gasteiger partial charge in [0.25, 0.3) is 0 Å². The van der Waals surface area contributed by atoms with Crippen LogP contribution in [0.3, 0.4) is 0 Å². The van der Waals surface area contributed by atoms with Crippen molar-refractivity contribution in [2.24, 2.45) is 0 Å². The van der Waals surface area contributed by atoms with Gasteiger partial charge in [-0.25, -0.2) is 0 Å². The van der Waals surface area contributed by atoms with Crippen LogP contribution in [0.15, 0.2) is 90.1 Å². The summed E-state index contributed by atoms with van der Waals surface area (Å²) in [5.74, 6) is 1.37. The third-order valence-corrected chi connectivity index (χ3v) is 6.37. The highest BCUT2D eigenvalue weighted by atomic mass is 32.2. The van der Waals surface area contributed by atoms with Crippen LogP contribution in [0.1, 0.15) is 12.5 Å². The molecule has 2 heterocycles. The van der Waals surface area contributed by atoms with E-state index in [2.05, 4.69) is 28.5 Å². The Hall–Kier alpha value is -3.84. The molecule has 5 rings (SSSR count). The molecule has 0 spiro atoms. The van der Waals surface area contributed by atoms with Crippen LogP contribution >= 0.6 is 11.8 Å². The summed E-state index contributed by atoms with van der Waals surface area (Å²) < 4.78 is 7.81. The molecule has 5 aromatic rings. The molecule has 3 aromatic carbocycles. The van der Waals surface area contributed by atoms with Gasteiger partial charge in [-0.05, 0) is 67.9 Å². The van der Waals surface area contributed by atoms with E-state index in [0.717, 1.165) is 27.9 Å². The van der Waals surface area contributed by atoms with Gasteiger partial charge in [0.15, 0.2) is 10.8 Å². The standard InChI is InChI=1S/C26H22N4O2S/c1-17-16-24-28-29-26(30(24)23-11-7-6-10-22(17)23)33-18(2)25(31)27-19-12-14-21(15-13-19)32-20-8-4-3-5-9-20/h3-16,18H,1-2H3,(H,27,31)/t18-/m0/s1. The van der Waals surface area contributed by atoms with Crippen LogP contribution in [-0.2, 0) is 4.79 Å². The van der Waals surface area contributed by atoms with E-state index in [-0.39, 0.29) is 11.2 Å². The lowest BCUT2D eigenvalue weighted by atomic mass is 10.1. The van der Waals surface area contributed by atoms with Gasteiger partial charge in [-0.2, -0.15) is 0 Å². The first-order valence-electron chi connectivity index (χ1n) is 10.6. The number of fused-ring (bicyclic) bond motifs is 3. The Morgan fingerprint density at radius 3 is 2.42 bits per heavy atom. The van der Waals surface area contributed by atoms with Crippen LogP contribution in [0.5, 0.6) is 11.5 Å². The SMILES string of the molecule is Cc1cc2nnc(S[C@@H](C)C(=O)Nc3ccc(Oc4ccccc4)cc3)n2c2ccccc12. The number of aryl methyl sites for hydroxylation is 1. The van der Waals surface area contributed by atoms with Crippen LogP contribution in [0.4, 0.5) is 5.69 Å². The average Bonchev–Trinajstić information content (AvgIpc) is 3.23. The molecule has 0 aliphatic rings. The van der Waals surface area contributed by atoms with Crippen LogP contribution in [0, 0.1) is 6.92 Å². The molecular weight excluding hydrogens is 432 g/mol.